The van der Waals surface area contributed by atoms with Crippen LogP contribution < -0.4 is 9.47 Å². The van der Waals surface area contributed by atoms with E-state index in [1.807, 2.05) is 0 Å². The molecular formula is C15H12O5. The molecule has 0 fully saturated rings. The lowest BCUT2D eigenvalue weighted by atomic mass is 10.0. The van der Waals surface area contributed by atoms with E-state index in [1.165, 1.54) is 0 Å². The van der Waals surface area contributed by atoms with Crippen LogP contribution in [-0.4, -0.2) is 29.4 Å². The van der Waals surface area contributed by atoms with Crippen molar-refractivity contribution in [2.24, 2.45) is 0 Å². The molecule has 0 saturated carbocycles. The zero-order valence-electron chi connectivity index (χ0n) is 10.5. The third-order valence-corrected chi connectivity index (χ3v) is 3.07. The van der Waals surface area contributed by atoms with Gasteiger partial charge in [-0.2, -0.15) is 0 Å². The molecule has 2 aromatic rings. The largest absolute Gasteiger partial charge is 0.508 e. The first-order valence-electron chi connectivity index (χ1n) is 6.11. The predicted molar refractivity (Wildman–Crippen MR) is 71.5 cm³/mol. The second-order valence-electron chi connectivity index (χ2n) is 4.40. The Hall–Kier alpha value is -2.69. The van der Waals surface area contributed by atoms with Crippen LogP contribution in [0, 0.1) is 0 Å². The molecule has 2 aromatic carbocycles. The molecule has 5 nitrogen and oxygen atoms in total. The van der Waals surface area contributed by atoms with Gasteiger partial charge in [0, 0.05) is 0 Å². The highest BCUT2D eigenvalue weighted by Gasteiger charge is 2.22. The Kier molecular flexibility index (Phi) is 2.95. The first-order chi connectivity index (χ1) is 9.65. The lowest BCUT2D eigenvalue weighted by Crippen LogP contribution is -2.18. The number of ether oxygens (including phenoxy) is 2. The van der Waals surface area contributed by atoms with E-state index < -0.39 is 5.97 Å². The summed E-state index contributed by atoms with van der Waals surface area (Å²) in [5, 5.41) is 18.6. The summed E-state index contributed by atoms with van der Waals surface area (Å²) in [5.74, 6) is -0.206. The number of carboxylic acids is 1. The third-order valence-electron chi connectivity index (χ3n) is 3.07. The zero-order chi connectivity index (χ0) is 14.1. The van der Waals surface area contributed by atoms with Crippen LogP contribution in [0.1, 0.15) is 10.4 Å². The Morgan fingerprint density at radius 1 is 1.00 bits per heavy atom. The molecule has 0 bridgehead atoms. The lowest BCUT2D eigenvalue weighted by molar-refractivity contribution is 0.0686. The van der Waals surface area contributed by atoms with Crippen molar-refractivity contribution in [3.05, 3.63) is 42.0 Å². The summed E-state index contributed by atoms with van der Waals surface area (Å²) in [7, 11) is 0. The maximum atomic E-state index is 11.3. The maximum Gasteiger partial charge on any atom is 0.339 e. The van der Waals surface area contributed by atoms with Gasteiger partial charge >= 0.3 is 5.97 Å². The molecule has 1 aliphatic rings. The van der Waals surface area contributed by atoms with Crippen molar-refractivity contribution >= 4 is 5.97 Å². The molecule has 0 radical (unpaired) electrons. The summed E-state index contributed by atoms with van der Waals surface area (Å²) in [4.78, 5) is 11.3. The van der Waals surface area contributed by atoms with E-state index in [1.54, 1.807) is 36.4 Å². The van der Waals surface area contributed by atoms with Crippen molar-refractivity contribution in [3.8, 4) is 28.4 Å². The van der Waals surface area contributed by atoms with Crippen molar-refractivity contribution in [1.29, 1.82) is 0 Å². The summed E-state index contributed by atoms with van der Waals surface area (Å²) >= 11 is 0. The van der Waals surface area contributed by atoms with Gasteiger partial charge in [0.25, 0.3) is 0 Å². The molecule has 1 heterocycles. The van der Waals surface area contributed by atoms with E-state index in [0.29, 0.717) is 24.5 Å². The first kappa shape index (κ1) is 12.3. The summed E-state index contributed by atoms with van der Waals surface area (Å²) in [6, 6.07) is 9.81. The minimum absolute atomic E-state index is 0.0743. The number of aromatic carboxylic acids is 1. The van der Waals surface area contributed by atoms with Crippen LogP contribution in [0.2, 0.25) is 0 Å². The molecule has 3 rings (SSSR count). The summed E-state index contributed by atoms with van der Waals surface area (Å²) in [5.41, 5.74) is 1.57. The monoisotopic (exact) mass is 272 g/mol. The van der Waals surface area contributed by atoms with Crippen molar-refractivity contribution in [3.63, 3.8) is 0 Å². The molecule has 20 heavy (non-hydrogen) atoms. The Morgan fingerprint density at radius 3 is 2.40 bits per heavy atom. The van der Waals surface area contributed by atoms with Gasteiger partial charge in [-0.25, -0.2) is 4.79 Å². The number of hydrogen-bond donors (Lipinski definition) is 2. The number of phenolic OH excluding ortho intramolecular Hbond substituents is 1. The quantitative estimate of drug-likeness (QED) is 0.878. The maximum absolute atomic E-state index is 11.3. The van der Waals surface area contributed by atoms with E-state index in [4.69, 9.17) is 9.47 Å². The molecule has 0 amide bonds. The molecule has 2 N–H and O–H groups in total. The van der Waals surface area contributed by atoms with Gasteiger partial charge in [0.2, 0.25) is 0 Å². The zero-order valence-corrected chi connectivity index (χ0v) is 10.5. The number of carbonyl (C=O) groups is 1. The van der Waals surface area contributed by atoms with Crippen LogP contribution in [-0.2, 0) is 0 Å². The van der Waals surface area contributed by atoms with Gasteiger partial charge in [0.15, 0.2) is 11.5 Å². The van der Waals surface area contributed by atoms with E-state index in [9.17, 15) is 15.0 Å². The van der Waals surface area contributed by atoms with Gasteiger partial charge in [-0.3, -0.25) is 0 Å². The fraction of sp³-hybridized carbons (Fsp3) is 0.133. The molecule has 0 aliphatic carbocycles. The third kappa shape index (κ3) is 2.14. The second-order valence-corrected chi connectivity index (χ2v) is 4.40. The summed E-state index contributed by atoms with van der Waals surface area (Å²) in [6.45, 7) is 0.733. The van der Waals surface area contributed by atoms with Gasteiger partial charge in [-0.15, -0.1) is 0 Å². The molecule has 5 heteroatoms. The van der Waals surface area contributed by atoms with Crippen LogP contribution in [0.15, 0.2) is 36.4 Å². The van der Waals surface area contributed by atoms with Crippen molar-refractivity contribution in [2.45, 2.75) is 0 Å². The van der Waals surface area contributed by atoms with Gasteiger partial charge in [0.1, 0.15) is 24.5 Å². The Morgan fingerprint density at radius 2 is 1.70 bits per heavy atom. The number of aromatic hydroxyl groups is 1. The fourth-order valence-corrected chi connectivity index (χ4v) is 2.13. The lowest BCUT2D eigenvalue weighted by Gasteiger charge is -2.21. The van der Waals surface area contributed by atoms with Gasteiger partial charge in [0.05, 0.1) is 0 Å². The fourth-order valence-electron chi connectivity index (χ4n) is 2.13. The summed E-state index contributed by atoms with van der Waals surface area (Å²) in [6.07, 6.45) is 0. The Bertz CT molecular complexity index is 661. The molecule has 102 valence electrons. The number of carboxylic acid groups (broad SMARTS) is 1. The highest BCUT2D eigenvalue weighted by Crippen LogP contribution is 2.38. The van der Waals surface area contributed by atoms with Crippen molar-refractivity contribution in [2.75, 3.05) is 13.2 Å². The van der Waals surface area contributed by atoms with E-state index >= 15 is 0 Å². The Labute approximate surface area is 115 Å². The molecule has 0 saturated heterocycles. The van der Waals surface area contributed by atoms with E-state index in [0.717, 1.165) is 5.56 Å². The predicted octanol–water partition coefficient (Wildman–Crippen LogP) is 2.53. The van der Waals surface area contributed by atoms with Gasteiger partial charge in [-0.05, 0) is 35.4 Å². The average molecular weight is 272 g/mol. The number of hydrogen-bond acceptors (Lipinski definition) is 4. The number of phenols is 1. The summed E-state index contributed by atoms with van der Waals surface area (Å²) < 4.78 is 10.8. The number of benzene rings is 2. The van der Waals surface area contributed by atoms with E-state index in [-0.39, 0.29) is 17.1 Å². The van der Waals surface area contributed by atoms with Gasteiger partial charge < -0.3 is 19.7 Å². The smallest absolute Gasteiger partial charge is 0.339 e. The average Bonchev–Trinajstić information content (AvgIpc) is 2.46. The molecule has 1 aliphatic heterocycles. The first-order valence-corrected chi connectivity index (χ1v) is 6.11. The van der Waals surface area contributed by atoms with Crippen molar-refractivity contribution < 1.29 is 24.5 Å². The normalized spacial score (nSPS) is 13.0. The molecule has 0 atom stereocenters. The molecule has 0 unspecified atom stereocenters. The van der Waals surface area contributed by atoms with Crippen molar-refractivity contribution in [1.82, 2.24) is 0 Å². The standard InChI is InChI=1S/C15H12O5/c16-11-3-1-9(2-4-11)10-7-12(15(17)18)14-13(8-10)19-5-6-20-14/h1-4,7-8,16H,5-6H2,(H,17,18). The molecule has 0 spiro atoms. The second kappa shape index (κ2) is 4.77. The minimum Gasteiger partial charge on any atom is -0.508 e. The highest BCUT2D eigenvalue weighted by atomic mass is 16.6. The SMILES string of the molecule is O=C(O)c1cc(-c2ccc(O)cc2)cc2c1OCCO2. The number of rotatable bonds is 2. The van der Waals surface area contributed by atoms with Crippen LogP contribution in [0.25, 0.3) is 11.1 Å². The highest BCUT2D eigenvalue weighted by molar-refractivity contribution is 5.94. The van der Waals surface area contributed by atoms with Crippen LogP contribution in [0.4, 0.5) is 0 Å². The van der Waals surface area contributed by atoms with Crippen LogP contribution in [0.5, 0.6) is 17.2 Å². The minimum atomic E-state index is -1.06. The topological polar surface area (TPSA) is 76.0 Å². The van der Waals surface area contributed by atoms with Crippen LogP contribution >= 0.6 is 0 Å². The number of fused-ring (bicyclic) bond motifs is 1. The molecule has 0 aromatic heterocycles. The van der Waals surface area contributed by atoms with E-state index in [2.05, 4.69) is 0 Å². The van der Waals surface area contributed by atoms with Gasteiger partial charge in [-0.1, -0.05) is 12.1 Å². The Balaban J connectivity index is 2.14. The molecular weight excluding hydrogens is 260 g/mol. The van der Waals surface area contributed by atoms with Crippen LogP contribution in [0.3, 0.4) is 0 Å².